The molecule has 2 N–H and O–H groups in total. The predicted molar refractivity (Wildman–Crippen MR) is 87.5 cm³/mol. The summed E-state index contributed by atoms with van der Waals surface area (Å²) in [4.78, 5) is 23.8. The third-order valence-electron chi connectivity index (χ3n) is 2.55. The van der Waals surface area contributed by atoms with E-state index in [9.17, 15) is 9.59 Å². The normalized spacial score (nSPS) is 10.3. The molecular formula is C14H12ClNO3S2. The average molecular weight is 342 g/mol. The topological polar surface area (TPSA) is 66.4 Å². The largest absolute Gasteiger partial charge is 0.478 e. The van der Waals surface area contributed by atoms with E-state index in [2.05, 4.69) is 5.32 Å². The van der Waals surface area contributed by atoms with Gasteiger partial charge in [-0.25, -0.2) is 4.79 Å². The van der Waals surface area contributed by atoms with Gasteiger partial charge in [0.1, 0.15) is 0 Å². The summed E-state index contributed by atoms with van der Waals surface area (Å²) in [5.74, 6) is -0.117. The number of benzene rings is 1. The van der Waals surface area contributed by atoms with Gasteiger partial charge >= 0.3 is 5.97 Å². The van der Waals surface area contributed by atoms with Crippen molar-refractivity contribution in [3.05, 3.63) is 51.2 Å². The zero-order valence-electron chi connectivity index (χ0n) is 10.8. The summed E-state index contributed by atoms with van der Waals surface area (Å²) in [6.45, 7) is 0. The Bertz CT molecular complexity index is 644. The Morgan fingerprint density at radius 3 is 2.76 bits per heavy atom. The highest BCUT2D eigenvalue weighted by Crippen LogP contribution is 2.24. The molecule has 0 aliphatic carbocycles. The SMILES string of the molecule is O=C(CSCc1cccs1)Nc1ccc(C(=O)O)cc1Cl. The van der Waals surface area contributed by atoms with Gasteiger partial charge in [-0.1, -0.05) is 17.7 Å². The lowest BCUT2D eigenvalue weighted by Crippen LogP contribution is -2.14. The molecule has 110 valence electrons. The first-order valence-electron chi connectivity index (χ1n) is 5.99. The number of halogens is 1. The van der Waals surface area contributed by atoms with Crippen molar-refractivity contribution < 1.29 is 14.7 Å². The van der Waals surface area contributed by atoms with E-state index in [4.69, 9.17) is 16.7 Å². The van der Waals surface area contributed by atoms with Crippen molar-refractivity contribution in [1.29, 1.82) is 0 Å². The van der Waals surface area contributed by atoms with Gasteiger partial charge in [0.2, 0.25) is 5.91 Å². The number of rotatable bonds is 6. The van der Waals surface area contributed by atoms with Crippen molar-refractivity contribution in [1.82, 2.24) is 0 Å². The van der Waals surface area contributed by atoms with Crippen LogP contribution in [0, 0.1) is 0 Å². The lowest BCUT2D eigenvalue weighted by atomic mass is 10.2. The van der Waals surface area contributed by atoms with Crippen LogP contribution in [0.5, 0.6) is 0 Å². The number of hydrogen-bond donors (Lipinski definition) is 2. The molecular weight excluding hydrogens is 330 g/mol. The molecule has 0 spiro atoms. The van der Waals surface area contributed by atoms with E-state index in [1.807, 2.05) is 17.5 Å². The Hall–Kier alpha value is -1.50. The van der Waals surface area contributed by atoms with Crippen molar-refractivity contribution in [3.8, 4) is 0 Å². The highest BCUT2D eigenvalue weighted by atomic mass is 35.5. The van der Waals surface area contributed by atoms with Crippen molar-refractivity contribution in [3.63, 3.8) is 0 Å². The van der Waals surface area contributed by atoms with E-state index >= 15 is 0 Å². The third-order valence-corrected chi connectivity index (χ3v) is 4.90. The standard InChI is InChI=1S/C14H12ClNO3S2/c15-11-6-9(14(18)19)3-4-12(11)16-13(17)8-20-7-10-2-1-5-21-10/h1-6H,7-8H2,(H,16,17)(H,18,19). The molecule has 0 saturated carbocycles. The molecule has 0 radical (unpaired) electrons. The van der Waals surface area contributed by atoms with Crippen LogP contribution in [0.2, 0.25) is 5.02 Å². The van der Waals surface area contributed by atoms with Gasteiger partial charge in [-0.05, 0) is 29.6 Å². The number of carbonyl (C=O) groups excluding carboxylic acids is 1. The monoisotopic (exact) mass is 341 g/mol. The van der Waals surface area contributed by atoms with Crippen LogP contribution in [-0.2, 0) is 10.5 Å². The summed E-state index contributed by atoms with van der Waals surface area (Å²) in [7, 11) is 0. The van der Waals surface area contributed by atoms with Crippen LogP contribution in [0.4, 0.5) is 5.69 Å². The molecule has 4 nitrogen and oxygen atoms in total. The predicted octanol–water partition coefficient (Wildman–Crippen LogP) is 3.97. The minimum atomic E-state index is -1.05. The number of hydrogen-bond acceptors (Lipinski definition) is 4. The zero-order valence-corrected chi connectivity index (χ0v) is 13.2. The zero-order chi connectivity index (χ0) is 15.2. The Morgan fingerprint density at radius 1 is 1.33 bits per heavy atom. The number of amides is 1. The van der Waals surface area contributed by atoms with Gasteiger partial charge in [0, 0.05) is 10.6 Å². The smallest absolute Gasteiger partial charge is 0.335 e. The second-order valence-corrected chi connectivity index (χ2v) is 6.55. The van der Waals surface area contributed by atoms with E-state index in [-0.39, 0.29) is 16.5 Å². The molecule has 21 heavy (non-hydrogen) atoms. The van der Waals surface area contributed by atoms with Gasteiger partial charge in [0.05, 0.1) is 22.0 Å². The van der Waals surface area contributed by atoms with Gasteiger partial charge in [-0.15, -0.1) is 23.1 Å². The van der Waals surface area contributed by atoms with Crippen LogP contribution >= 0.6 is 34.7 Å². The van der Waals surface area contributed by atoms with Gasteiger partial charge in [-0.2, -0.15) is 0 Å². The summed E-state index contributed by atoms with van der Waals surface area (Å²) in [5, 5.41) is 13.7. The van der Waals surface area contributed by atoms with Crippen LogP contribution in [0.1, 0.15) is 15.2 Å². The molecule has 1 aromatic carbocycles. The Kier molecular flexibility index (Phi) is 5.67. The van der Waals surface area contributed by atoms with Crippen molar-refractivity contribution >= 4 is 52.3 Å². The number of nitrogens with one attached hydrogen (secondary N) is 1. The fourth-order valence-electron chi connectivity index (χ4n) is 1.57. The van der Waals surface area contributed by atoms with Crippen LogP contribution in [0.3, 0.4) is 0 Å². The molecule has 0 aliphatic rings. The fraction of sp³-hybridized carbons (Fsp3) is 0.143. The maximum atomic E-state index is 11.8. The first-order chi connectivity index (χ1) is 10.1. The maximum absolute atomic E-state index is 11.8. The Labute approximate surface area is 135 Å². The molecule has 1 heterocycles. The minimum Gasteiger partial charge on any atom is -0.478 e. The van der Waals surface area contributed by atoms with Crippen molar-refractivity contribution in [2.75, 3.05) is 11.1 Å². The van der Waals surface area contributed by atoms with E-state index in [1.165, 1.54) is 34.8 Å². The summed E-state index contributed by atoms with van der Waals surface area (Å²) in [6.07, 6.45) is 0. The van der Waals surface area contributed by atoms with Crippen molar-refractivity contribution in [2.24, 2.45) is 0 Å². The Balaban J connectivity index is 1.86. The minimum absolute atomic E-state index is 0.0880. The average Bonchev–Trinajstić information content (AvgIpc) is 2.94. The fourth-order valence-corrected chi connectivity index (χ4v) is 3.47. The van der Waals surface area contributed by atoms with Gasteiger partial charge in [0.15, 0.2) is 0 Å². The van der Waals surface area contributed by atoms with Crippen LogP contribution in [0.15, 0.2) is 35.7 Å². The summed E-state index contributed by atoms with van der Waals surface area (Å²) in [6, 6.07) is 8.22. The second kappa shape index (κ2) is 7.49. The van der Waals surface area contributed by atoms with E-state index in [1.54, 1.807) is 11.3 Å². The Morgan fingerprint density at radius 2 is 2.14 bits per heavy atom. The molecule has 2 aromatic rings. The number of thioether (sulfide) groups is 1. The molecule has 0 atom stereocenters. The molecule has 1 amide bonds. The number of aromatic carboxylic acids is 1. The third kappa shape index (κ3) is 4.77. The molecule has 7 heteroatoms. The highest BCUT2D eigenvalue weighted by Gasteiger charge is 2.09. The molecule has 0 aliphatic heterocycles. The van der Waals surface area contributed by atoms with Crippen molar-refractivity contribution in [2.45, 2.75) is 5.75 Å². The number of carboxylic acids is 1. The first-order valence-corrected chi connectivity index (χ1v) is 8.40. The molecule has 0 saturated heterocycles. The molecule has 0 unspecified atom stereocenters. The molecule has 0 fully saturated rings. The van der Waals surface area contributed by atoms with E-state index < -0.39 is 5.97 Å². The van der Waals surface area contributed by atoms with Crippen LogP contribution < -0.4 is 5.32 Å². The molecule has 0 bridgehead atoms. The van der Waals surface area contributed by atoms with Gasteiger partial charge in [0.25, 0.3) is 0 Å². The first kappa shape index (κ1) is 15.9. The number of anilines is 1. The quantitative estimate of drug-likeness (QED) is 0.834. The van der Waals surface area contributed by atoms with Gasteiger partial charge in [-0.3, -0.25) is 4.79 Å². The molecule has 1 aromatic heterocycles. The van der Waals surface area contributed by atoms with Crippen LogP contribution in [-0.4, -0.2) is 22.7 Å². The lowest BCUT2D eigenvalue weighted by Gasteiger charge is -2.07. The summed E-state index contributed by atoms with van der Waals surface area (Å²) >= 11 is 9.12. The van der Waals surface area contributed by atoms with Crippen LogP contribution in [0.25, 0.3) is 0 Å². The van der Waals surface area contributed by atoms with Gasteiger partial charge < -0.3 is 10.4 Å². The number of carbonyl (C=O) groups is 2. The maximum Gasteiger partial charge on any atom is 0.335 e. The van der Waals surface area contributed by atoms with E-state index in [0.717, 1.165) is 5.75 Å². The lowest BCUT2D eigenvalue weighted by molar-refractivity contribution is -0.113. The summed E-state index contributed by atoms with van der Waals surface area (Å²) in [5.41, 5.74) is 0.508. The highest BCUT2D eigenvalue weighted by molar-refractivity contribution is 7.99. The van der Waals surface area contributed by atoms with E-state index in [0.29, 0.717) is 11.4 Å². The molecule has 2 rings (SSSR count). The summed E-state index contributed by atoms with van der Waals surface area (Å²) < 4.78 is 0. The number of thiophene rings is 1. The number of carboxylic acid groups (broad SMARTS) is 1. The second-order valence-electron chi connectivity index (χ2n) is 4.12.